The van der Waals surface area contributed by atoms with Gasteiger partial charge >= 0.3 is 0 Å². The molecule has 0 aliphatic heterocycles. The van der Waals surface area contributed by atoms with Crippen LogP contribution in [-0.4, -0.2) is 10.2 Å². The molecule has 0 amide bonds. The van der Waals surface area contributed by atoms with Gasteiger partial charge in [0.15, 0.2) is 0 Å². The van der Waals surface area contributed by atoms with E-state index in [2.05, 4.69) is 41.5 Å². The Bertz CT molecular complexity index is 514. The Labute approximate surface area is 174 Å². The first kappa shape index (κ1) is 24.9. The molecule has 0 aliphatic carbocycles. The Morgan fingerprint density at radius 1 is 0.536 bits per heavy atom. The highest BCUT2D eigenvalue weighted by atomic mass is 16.3. The molecule has 2 heteroatoms. The summed E-state index contributed by atoms with van der Waals surface area (Å²) in [6.07, 6.45) is 14.1. The van der Waals surface area contributed by atoms with Gasteiger partial charge in [-0.25, -0.2) is 0 Å². The molecule has 0 radical (unpaired) electrons. The molecule has 1 aromatic carbocycles. The highest BCUT2D eigenvalue weighted by Gasteiger charge is 2.11. The van der Waals surface area contributed by atoms with Crippen molar-refractivity contribution in [2.75, 3.05) is 0 Å². The number of hydrogen-bond donors (Lipinski definition) is 2. The Morgan fingerprint density at radius 2 is 0.893 bits per heavy atom. The molecule has 0 atom stereocenters. The zero-order valence-corrected chi connectivity index (χ0v) is 19.5. The fourth-order valence-corrected chi connectivity index (χ4v) is 3.72. The summed E-state index contributed by atoms with van der Waals surface area (Å²) in [6.45, 7) is 13.8. The lowest BCUT2D eigenvalue weighted by Crippen LogP contribution is -2.04. The maximum absolute atomic E-state index is 10.2. The zero-order valence-electron chi connectivity index (χ0n) is 19.5. The van der Waals surface area contributed by atoms with Crippen molar-refractivity contribution < 1.29 is 10.2 Å². The van der Waals surface area contributed by atoms with Crippen molar-refractivity contribution in [1.29, 1.82) is 0 Å². The summed E-state index contributed by atoms with van der Waals surface area (Å²) >= 11 is 0. The quantitative estimate of drug-likeness (QED) is 0.353. The SMILES string of the molecule is CC(C)(C)CCCCCCc1cc(CCCCCCC(C)(C)C)c(O)cc1O. The molecule has 1 rings (SSSR count). The lowest BCUT2D eigenvalue weighted by Gasteiger charge is -2.17. The minimum absolute atomic E-state index is 0.251. The second-order valence-corrected chi connectivity index (χ2v) is 11.1. The Kier molecular flexibility index (Phi) is 10.4. The first-order chi connectivity index (χ1) is 13.0. The van der Waals surface area contributed by atoms with E-state index in [1.165, 1.54) is 51.4 Å². The Morgan fingerprint density at radius 3 is 1.25 bits per heavy atom. The molecule has 162 valence electrons. The smallest absolute Gasteiger partial charge is 0.122 e. The summed E-state index contributed by atoms with van der Waals surface area (Å²) in [7, 11) is 0. The lowest BCUT2D eigenvalue weighted by atomic mass is 9.89. The molecule has 0 bridgehead atoms. The van der Waals surface area contributed by atoms with Crippen LogP contribution < -0.4 is 0 Å². The van der Waals surface area contributed by atoms with Crippen molar-refractivity contribution in [1.82, 2.24) is 0 Å². The van der Waals surface area contributed by atoms with Crippen LogP contribution in [0.2, 0.25) is 0 Å². The normalized spacial score (nSPS) is 12.5. The summed E-state index contributed by atoms with van der Waals surface area (Å²) < 4.78 is 0. The number of unbranched alkanes of at least 4 members (excludes halogenated alkanes) is 6. The number of aryl methyl sites for hydroxylation is 2. The molecule has 0 aliphatic rings. The van der Waals surface area contributed by atoms with Crippen LogP contribution in [0.4, 0.5) is 0 Å². The number of hydrogen-bond acceptors (Lipinski definition) is 2. The van der Waals surface area contributed by atoms with E-state index in [-0.39, 0.29) is 11.5 Å². The van der Waals surface area contributed by atoms with Crippen LogP contribution in [0.15, 0.2) is 12.1 Å². The van der Waals surface area contributed by atoms with Gasteiger partial charge < -0.3 is 10.2 Å². The molecule has 2 N–H and O–H groups in total. The summed E-state index contributed by atoms with van der Waals surface area (Å²) in [6, 6.07) is 3.58. The van der Waals surface area contributed by atoms with Crippen LogP contribution >= 0.6 is 0 Å². The van der Waals surface area contributed by atoms with Gasteiger partial charge in [-0.2, -0.15) is 0 Å². The van der Waals surface area contributed by atoms with Crippen LogP contribution in [0, 0.1) is 10.8 Å². The average molecular weight is 391 g/mol. The number of phenolic OH excluding ortho intramolecular Hbond substituents is 2. The first-order valence-corrected chi connectivity index (χ1v) is 11.5. The van der Waals surface area contributed by atoms with E-state index < -0.39 is 0 Å². The summed E-state index contributed by atoms with van der Waals surface area (Å²) in [5, 5.41) is 20.4. The van der Waals surface area contributed by atoms with Crippen molar-refractivity contribution >= 4 is 0 Å². The van der Waals surface area contributed by atoms with Gasteiger partial charge in [-0.3, -0.25) is 0 Å². The van der Waals surface area contributed by atoms with Gasteiger partial charge in [0.1, 0.15) is 11.5 Å². The van der Waals surface area contributed by atoms with Gasteiger partial charge in [-0.1, -0.05) is 80.1 Å². The molecule has 0 unspecified atom stereocenters. The van der Waals surface area contributed by atoms with E-state index in [1.807, 2.05) is 6.07 Å². The van der Waals surface area contributed by atoms with E-state index in [9.17, 15) is 10.2 Å². The Balaban J connectivity index is 2.36. The lowest BCUT2D eigenvalue weighted by molar-refractivity contribution is 0.357. The van der Waals surface area contributed by atoms with Crippen LogP contribution in [-0.2, 0) is 12.8 Å². The van der Waals surface area contributed by atoms with Gasteiger partial charge in [-0.15, -0.1) is 0 Å². The highest BCUT2D eigenvalue weighted by molar-refractivity contribution is 5.45. The van der Waals surface area contributed by atoms with Gasteiger partial charge in [-0.05, 0) is 66.5 Å². The van der Waals surface area contributed by atoms with E-state index in [1.54, 1.807) is 6.07 Å². The summed E-state index contributed by atoms with van der Waals surface area (Å²) in [5.74, 6) is 0.502. The summed E-state index contributed by atoms with van der Waals surface area (Å²) in [4.78, 5) is 0. The minimum Gasteiger partial charge on any atom is -0.508 e. The molecular formula is C26H46O2. The fraction of sp³-hybridized carbons (Fsp3) is 0.769. The van der Waals surface area contributed by atoms with Crippen LogP contribution in [0.1, 0.15) is 117 Å². The highest BCUT2D eigenvalue weighted by Crippen LogP contribution is 2.30. The number of benzene rings is 1. The Hall–Kier alpha value is -1.18. The van der Waals surface area contributed by atoms with E-state index in [0.717, 1.165) is 36.8 Å². The summed E-state index contributed by atoms with van der Waals surface area (Å²) in [5.41, 5.74) is 2.85. The molecule has 28 heavy (non-hydrogen) atoms. The van der Waals surface area contributed by atoms with Crippen LogP contribution in [0.25, 0.3) is 0 Å². The fourth-order valence-electron chi connectivity index (χ4n) is 3.72. The number of phenols is 2. The van der Waals surface area contributed by atoms with E-state index in [4.69, 9.17) is 0 Å². The molecular weight excluding hydrogens is 344 g/mol. The molecule has 0 aromatic heterocycles. The average Bonchev–Trinajstić information content (AvgIpc) is 2.55. The van der Waals surface area contributed by atoms with Crippen molar-refractivity contribution in [2.45, 2.75) is 119 Å². The molecule has 0 fully saturated rings. The predicted molar refractivity (Wildman–Crippen MR) is 122 cm³/mol. The van der Waals surface area contributed by atoms with Gasteiger partial charge in [0.05, 0.1) is 0 Å². The van der Waals surface area contributed by atoms with Crippen molar-refractivity contribution in [3.05, 3.63) is 23.3 Å². The van der Waals surface area contributed by atoms with Gasteiger partial charge in [0, 0.05) is 6.07 Å². The number of rotatable bonds is 12. The third kappa shape index (κ3) is 11.6. The third-order valence-corrected chi connectivity index (χ3v) is 5.53. The molecule has 2 nitrogen and oxygen atoms in total. The van der Waals surface area contributed by atoms with Crippen LogP contribution in [0.3, 0.4) is 0 Å². The minimum atomic E-state index is 0.251. The third-order valence-electron chi connectivity index (χ3n) is 5.53. The largest absolute Gasteiger partial charge is 0.508 e. The monoisotopic (exact) mass is 390 g/mol. The molecule has 0 heterocycles. The van der Waals surface area contributed by atoms with Crippen LogP contribution in [0.5, 0.6) is 11.5 Å². The topological polar surface area (TPSA) is 40.5 Å². The second kappa shape index (κ2) is 11.7. The van der Waals surface area contributed by atoms with Crippen molar-refractivity contribution in [3.63, 3.8) is 0 Å². The first-order valence-electron chi connectivity index (χ1n) is 11.5. The van der Waals surface area contributed by atoms with Crippen molar-refractivity contribution in [2.24, 2.45) is 10.8 Å². The molecule has 1 aromatic rings. The molecule has 0 spiro atoms. The van der Waals surface area contributed by atoms with Gasteiger partial charge in [0.2, 0.25) is 0 Å². The maximum atomic E-state index is 10.2. The maximum Gasteiger partial charge on any atom is 0.122 e. The number of aromatic hydroxyl groups is 2. The van der Waals surface area contributed by atoms with Crippen molar-refractivity contribution in [3.8, 4) is 11.5 Å². The predicted octanol–water partition coefficient (Wildman–Crippen LogP) is 8.18. The van der Waals surface area contributed by atoms with Gasteiger partial charge in [0.25, 0.3) is 0 Å². The van der Waals surface area contributed by atoms with E-state index >= 15 is 0 Å². The molecule has 0 saturated carbocycles. The second-order valence-electron chi connectivity index (χ2n) is 11.1. The van der Waals surface area contributed by atoms with E-state index in [0.29, 0.717) is 10.8 Å². The zero-order chi connectivity index (χ0) is 21.2. The molecule has 0 saturated heterocycles. The standard InChI is InChI=1S/C26H46O2/c1-25(2,3)17-13-9-7-11-15-21-19-22(24(28)20-23(21)27)16-12-8-10-14-18-26(4,5)6/h19-20,27-28H,7-18H2,1-6H3.